The maximum absolute atomic E-state index is 6.13. The third kappa shape index (κ3) is 5.65. The Morgan fingerprint density at radius 1 is 0.327 bits per heavy atom. The molecular formula is C52H37NOSi. The van der Waals surface area contributed by atoms with Gasteiger partial charge >= 0.3 is 0 Å². The smallest absolute Gasteiger partial charge is 0.179 e. The van der Waals surface area contributed by atoms with Gasteiger partial charge in [-0.25, -0.2) is 0 Å². The van der Waals surface area contributed by atoms with Crippen molar-refractivity contribution in [3.8, 4) is 11.1 Å². The third-order valence-corrected chi connectivity index (χ3v) is 15.8. The van der Waals surface area contributed by atoms with E-state index in [-0.39, 0.29) is 0 Å². The van der Waals surface area contributed by atoms with Crippen LogP contribution in [0.5, 0.6) is 0 Å². The summed E-state index contributed by atoms with van der Waals surface area (Å²) in [5.41, 5.74) is 7.49. The molecule has 1 heterocycles. The fourth-order valence-corrected chi connectivity index (χ4v) is 13.2. The topological polar surface area (TPSA) is 16.4 Å². The van der Waals surface area contributed by atoms with E-state index in [0.717, 1.165) is 50.1 Å². The van der Waals surface area contributed by atoms with Crippen molar-refractivity contribution in [3.63, 3.8) is 0 Å². The number of hydrogen-bond acceptors (Lipinski definition) is 2. The molecule has 9 aromatic carbocycles. The lowest BCUT2D eigenvalue weighted by Gasteiger charge is -2.35. The van der Waals surface area contributed by atoms with Crippen LogP contribution < -0.4 is 25.6 Å². The predicted molar refractivity (Wildman–Crippen MR) is 235 cm³/mol. The van der Waals surface area contributed by atoms with Crippen LogP contribution in [-0.2, 0) is 0 Å². The summed E-state index contributed by atoms with van der Waals surface area (Å²) in [5.74, 6) is 0. The Kier molecular flexibility index (Phi) is 8.20. The van der Waals surface area contributed by atoms with Gasteiger partial charge in [0.1, 0.15) is 11.2 Å². The molecule has 0 fully saturated rings. The SMILES string of the molecule is c1ccc([Si](c2ccccc2)(c2ccccc2)c2ccc(N(c3ccc(-c4ccc5oc6ccccc6c5c4)cc3)c3cccc4ccccc34)cc2)cc1. The number of benzene rings is 9. The molecule has 0 N–H and O–H groups in total. The van der Waals surface area contributed by atoms with Crippen LogP contribution in [-0.4, -0.2) is 8.07 Å². The molecule has 0 saturated heterocycles. The first-order chi connectivity index (χ1) is 27.3. The van der Waals surface area contributed by atoms with E-state index in [0.29, 0.717) is 0 Å². The second-order valence-corrected chi connectivity index (χ2v) is 17.9. The first-order valence-corrected chi connectivity index (χ1v) is 20.8. The van der Waals surface area contributed by atoms with Crippen LogP contribution in [0.4, 0.5) is 17.1 Å². The van der Waals surface area contributed by atoms with Crippen molar-refractivity contribution >= 4 is 78.6 Å². The molecule has 0 atom stereocenters. The van der Waals surface area contributed by atoms with Crippen molar-refractivity contribution < 1.29 is 4.42 Å². The van der Waals surface area contributed by atoms with Crippen molar-refractivity contribution in [1.29, 1.82) is 0 Å². The van der Waals surface area contributed by atoms with Gasteiger partial charge in [-0.2, -0.15) is 0 Å². The van der Waals surface area contributed by atoms with Gasteiger partial charge in [0.2, 0.25) is 0 Å². The summed E-state index contributed by atoms with van der Waals surface area (Å²) >= 11 is 0. The Morgan fingerprint density at radius 3 is 1.44 bits per heavy atom. The lowest BCUT2D eigenvalue weighted by molar-refractivity contribution is 0.669. The zero-order chi connectivity index (χ0) is 36.6. The van der Waals surface area contributed by atoms with Crippen molar-refractivity contribution in [1.82, 2.24) is 0 Å². The highest BCUT2D eigenvalue weighted by molar-refractivity contribution is 7.19. The number of fused-ring (bicyclic) bond motifs is 4. The maximum Gasteiger partial charge on any atom is 0.179 e. The van der Waals surface area contributed by atoms with Crippen molar-refractivity contribution in [2.45, 2.75) is 0 Å². The van der Waals surface area contributed by atoms with E-state index in [1.165, 1.54) is 31.5 Å². The Bertz CT molecular complexity index is 2800. The van der Waals surface area contributed by atoms with Gasteiger partial charge in [-0.1, -0.05) is 176 Å². The Morgan fingerprint density at radius 2 is 0.800 bits per heavy atom. The summed E-state index contributed by atoms with van der Waals surface area (Å²) in [5, 5.41) is 10.1. The molecule has 0 aliphatic carbocycles. The molecule has 0 aliphatic heterocycles. The van der Waals surface area contributed by atoms with Crippen LogP contribution in [0.15, 0.2) is 229 Å². The minimum atomic E-state index is -2.66. The Hall–Kier alpha value is -6.94. The third-order valence-electron chi connectivity index (χ3n) is 11.0. The lowest BCUT2D eigenvalue weighted by Crippen LogP contribution is -2.74. The molecule has 0 aliphatic rings. The molecule has 260 valence electrons. The zero-order valence-corrected chi connectivity index (χ0v) is 31.2. The largest absolute Gasteiger partial charge is 0.456 e. The van der Waals surface area contributed by atoms with Gasteiger partial charge in [0.05, 0.1) is 5.69 Å². The van der Waals surface area contributed by atoms with E-state index in [9.17, 15) is 0 Å². The summed E-state index contributed by atoms with van der Waals surface area (Å²) in [4.78, 5) is 2.40. The van der Waals surface area contributed by atoms with E-state index in [4.69, 9.17) is 4.42 Å². The standard InChI is InChI=1S/C52H37NOSi/c1-4-17-43(18-5-1)55(44-19-6-2-7-20-44,45-21-8-3-9-22-45)46-34-32-42(33-35-46)53(50-25-14-16-39-15-10-11-23-47(39)50)41-30-27-38(28-31-41)40-29-36-52-49(37-40)48-24-12-13-26-51(48)54-52/h1-37H. The summed E-state index contributed by atoms with van der Waals surface area (Å²) in [6.45, 7) is 0. The summed E-state index contributed by atoms with van der Waals surface area (Å²) in [6, 6.07) is 81.7. The highest BCUT2D eigenvalue weighted by atomic mass is 28.3. The zero-order valence-electron chi connectivity index (χ0n) is 30.2. The first kappa shape index (κ1) is 32.7. The molecule has 2 nitrogen and oxygen atoms in total. The predicted octanol–water partition coefficient (Wildman–Crippen LogP) is 11.3. The fourth-order valence-electron chi connectivity index (χ4n) is 8.46. The Labute approximate surface area is 322 Å². The number of rotatable bonds is 8. The first-order valence-electron chi connectivity index (χ1n) is 18.8. The average molecular weight is 720 g/mol. The van der Waals surface area contributed by atoms with E-state index in [2.05, 4.69) is 217 Å². The van der Waals surface area contributed by atoms with E-state index in [1.807, 2.05) is 12.1 Å². The minimum Gasteiger partial charge on any atom is -0.456 e. The Balaban J connectivity index is 1.12. The lowest BCUT2D eigenvalue weighted by atomic mass is 10.0. The van der Waals surface area contributed by atoms with Crippen LogP contribution in [0.2, 0.25) is 0 Å². The summed E-state index contributed by atoms with van der Waals surface area (Å²) < 4.78 is 6.13. The van der Waals surface area contributed by atoms with Crippen molar-refractivity contribution in [3.05, 3.63) is 224 Å². The second kappa shape index (κ2) is 13.8. The number of para-hydroxylation sites is 1. The van der Waals surface area contributed by atoms with Crippen LogP contribution >= 0.6 is 0 Å². The summed E-state index contributed by atoms with van der Waals surface area (Å²) in [6.07, 6.45) is 0. The van der Waals surface area contributed by atoms with Crippen LogP contribution in [0.3, 0.4) is 0 Å². The monoisotopic (exact) mass is 719 g/mol. The van der Waals surface area contributed by atoms with Gasteiger partial charge in [-0.15, -0.1) is 0 Å². The number of anilines is 3. The molecule has 10 rings (SSSR count). The van der Waals surface area contributed by atoms with Gasteiger partial charge in [-0.3, -0.25) is 0 Å². The molecule has 0 saturated carbocycles. The van der Waals surface area contributed by atoms with Gasteiger partial charge < -0.3 is 9.32 Å². The fraction of sp³-hybridized carbons (Fsp3) is 0. The molecule has 10 aromatic rings. The normalized spacial score (nSPS) is 11.6. The molecule has 0 amide bonds. The average Bonchev–Trinajstić information content (AvgIpc) is 3.64. The molecule has 3 heteroatoms. The molecule has 0 unspecified atom stereocenters. The number of furan rings is 1. The number of nitrogens with zero attached hydrogens (tertiary/aromatic N) is 1. The highest BCUT2D eigenvalue weighted by Crippen LogP contribution is 2.40. The van der Waals surface area contributed by atoms with Crippen molar-refractivity contribution in [2.75, 3.05) is 4.90 Å². The van der Waals surface area contributed by atoms with Crippen LogP contribution in [0.25, 0.3) is 43.8 Å². The van der Waals surface area contributed by atoms with E-state index >= 15 is 0 Å². The molecule has 1 aromatic heterocycles. The minimum absolute atomic E-state index is 0.908. The van der Waals surface area contributed by atoms with Gasteiger partial charge in [-0.05, 0) is 85.8 Å². The maximum atomic E-state index is 6.13. The molecule has 0 radical (unpaired) electrons. The van der Waals surface area contributed by atoms with Crippen LogP contribution in [0.1, 0.15) is 0 Å². The van der Waals surface area contributed by atoms with Gasteiger partial charge in [0.25, 0.3) is 0 Å². The van der Waals surface area contributed by atoms with E-state index < -0.39 is 8.07 Å². The second-order valence-electron chi connectivity index (χ2n) is 14.1. The van der Waals surface area contributed by atoms with E-state index in [1.54, 1.807) is 0 Å². The van der Waals surface area contributed by atoms with Gasteiger partial charge in [0.15, 0.2) is 8.07 Å². The van der Waals surface area contributed by atoms with Crippen LogP contribution in [0, 0.1) is 0 Å². The quantitative estimate of drug-likeness (QED) is 0.115. The van der Waals surface area contributed by atoms with Crippen molar-refractivity contribution in [2.24, 2.45) is 0 Å². The molecular weight excluding hydrogens is 683 g/mol. The highest BCUT2D eigenvalue weighted by Gasteiger charge is 2.41. The van der Waals surface area contributed by atoms with Gasteiger partial charge in [0, 0.05) is 27.5 Å². The molecule has 0 bridgehead atoms. The summed E-state index contributed by atoms with van der Waals surface area (Å²) in [7, 11) is -2.66. The molecule has 0 spiro atoms. The number of hydrogen-bond donors (Lipinski definition) is 0. The molecule has 55 heavy (non-hydrogen) atoms.